The molecule has 5 nitrogen and oxygen atoms in total. The van der Waals surface area contributed by atoms with E-state index in [0.717, 1.165) is 16.9 Å². The van der Waals surface area contributed by atoms with Gasteiger partial charge in [-0.05, 0) is 37.6 Å². The Morgan fingerprint density at radius 1 is 1.32 bits per heavy atom. The van der Waals surface area contributed by atoms with Crippen molar-refractivity contribution in [1.82, 2.24) is 9.97 Å². The maximum atomic E-state index is 11.2. The first-order chi connectivity index (χ1) is 9.02. The van der Waals surface area contributed by atoms with Gasteiger partial charge in [0.2, 0.25) is 0 Å². The van der Waals surface area contributed by atoms with Crippen molar-refractivity contribution in [2.45, 2.75) is 13.8 Å². The van der Waals surface area contributed by atoms with Gasteiger partial charge in [-0.25, -0.2) is 14.8 Å². The van der Waals surface area contributed by atoms with Crippen LogP contribution in [0.3, 0.4) is 0 Å². The van der Waals surface area contributed by atoms with Gasteiger partial charge >= 0.3 is 5.97 Å². The molecule has 0 bridgehead atoms. The molecule has 0 aliphatic rings. The zero-order chi connectivity index (χ0) is 14.0. The second-order valence-corrected chi connectivity index (χ2v) is 4.17. The predicted octanol–water partition coefficient (Wildman–Crippen LogP) is 2.47. The lowest BCUT2D eigenvalue weighted by Gasteiger charge is -2.09. The molecule has 0 aliphatic carbocycles. The van der Waals surface area contributed by atoms with E-state index >= 15 is 0 Å². The number of aryl methyl sites for hydroxylation is 2. The van der Waals surface area contributed by atoms with Gasteiger partial charge in [0.05, 0.1) is 12.8 Å². The van der Waals surface area contributed by atoms with E-state index < -0.39 is 5.97 Å². The van der Waals surface area contributed by atoms with Crippen LogP contribution in [0.4, 0.5) is 0 Å². The fraction of sp³-hybridized carbons (Fsp3) is 0.214. The third-order valence-electron chi connectivity index (χ3n) is 2.81. The van der Waals surface area contributed by atoms with Crippen molar-refractivity contribution < 1.29 is 14.6 Å². The lowest BCUT2D eigenvalue weighted by Crippen LogP contribution is -2.04. The zero-order valence-electron chi connectivity index (χ0n) is 11.0. The Bertz CT molecular complexity index is 639. The van der Waals surface area contributed by atoms with E-state index in [0.29, 0.717) is 11.5 Å². The van der Waals surface area contributed by atoms with E-state index in [1.165, 1.54) is 6.20 Å². The summed E-state index contributed by atoms with van der Waals surface area (Å²) in [4.78, 5) is 19.4. The second kappa shape index (κ2) is 5.06. The number of carboxylic acids is 1. The summed E-state index contributed by atoms with van der Waals surface area (Å²) in [6, 6.07) is 5.45. The smallest absolute Gasteiger partial charge is 0.339 e. The van der Waals surface area contributed by atoms with Crippen molar-refractivity contribution in [1.29, 1.82) is 0 Å². The highest BCUT2D eigenvalue weighted by Gasteiger charge is 2.15. The van der Waals surface area contributed by atoms with Gasteiger partial charge < -0.3 is 9.84 Å². The summed E-state index contributed by atoms with van der Waals surface area (Å²) in [5, 5.41) is 9.18. The predicted molar refractivity (Wildman–Crippen MR) is 70.5 cm³/mol. The number of carboxylic acid groups (broad SMARTS) is 1. The molecule has 0 aliphatic heterocycles. The maximum absolute atomic E-state index is 11.2. The van der Waals surface area contributed by atoms with Gasteiger partial charge in [-0.1, -0.05) is 0 Å². The van der Waals surface area contributed by atoms with Crippen LogP contribution in [-0.2, 0) is 0 Å². The Morgan fingerprint density at radius 2 is 2.05 bits per heavy atom. The standard InChI is InChI=1S/C14H14N2O3/c1-8-6-10(4-5-12(8)19-3)13-11(14(17)18)7-15-9(2)16-13/h4-7H,1-3H3,(H,17,18). The summed E-state index contributed by atoms with van der Waals surface area (Å²) in [5.74, 6) is 0.253. The van der Waals surface area contributed by atoms with E-state index in [1.807, 2.05) is 13.0 Å². The first kappa shape index (κ1) is 13.0. The number of aromatic nitrogens is 2. The van der Waals surface area contributed by atoms with Crippen molar-refractivity contribution >= 4 is 5.97 Å². The number of methoxy groups -OCH3 is 1. The molecule has 0 fully saturated rings. The molecule has 0 amide bonds. The molecule has 0 spiro atoms. The Kier molecular flexibility index (Phi) is 3.46. The van der Waals surface area contributed by atoms with Gasteiger partial charge in [0.15, 0.2) is 0 Å². The monoisotopic (exact) mass is 258 g/mol. The first-order valence-electron chi connectivity index (χ1n) is 5.75. The minimum atomic E-state index is -1.04. The molecule has 19 heavy (non-hydrogen) atoms. The van der Waals surface area contributed by atoms with Crippen LogP contribution >= 0.6 is 0 Å². The second-order valence-electron chi connectivity index (χ2n) is 4.17. The molecule has 98 valence electrons. The minimum absolute atomic E-state index is 0.0927. The van der Waals surface area contributed by atoms with Gasteiger partial charge in [-0.2, -0.15) is 0 Å². The normalized spacial score (nSPS) is 10.3. The van der Waals surface area contributed by atoms with E-state index in [4.69, 9.17) is 4.74 Å². The number of carbonyl (C=O) groups is 1. The first-order valence-corrected chi connectivity index (χ1v) is 5.75. The molecule has 1 N–H and O–H groups in total. The average molecular weight is 258 g/mol. The average Bonchev–Trinajstić information content (AvgIpc) is 2.38. The third-order valence-corrected chi connectivity index (χ3v) is 2.81. The molecular formula is C14H14N2O3. The number of hydrogen-bond donors (Lipinski definition) is 1. The van der Waals surface area contributed by atoms with E-state index in [9.17, 15) is 9.90 Å². The van der Waals surface area contributed by atoms with Crippen molar-refractivity contribution in [3.05, 3.63) is 41.3 Å². The van der Waals surface area contributed by atoms with Crippen LogP contribution in [-0.4, -0.2) is 28.2 Å². The summed E-state index contributed by atoms with van der Waals surface area (Å²) in [7, 11) is 1.60. The Morgan fingerprint density at radius 3 is 2.63 bits per heavy atom. The molecule has 1 aromatic heterocycles. The molecule has 0 radical (unpaired) electrons. The maximum Gasteiger partial charge on any atom is 0.339 e. The SMILES string of the molecule is COc1ccc(-c2nc(C)ncc2C(=O)O)cc1C. The molecule has 1 aromatic carbocycles. The highest BCUT2D eigenvalue weighted by molar-refractivity contribution is 5.94. The highest BCUT2D eigenvalue weighted by atomic mass is 16.5. The molecule has 5 heteroatoms. The van der Waals surface area contributed by atoms with E-state index in [2.05, 4.69) is 9.97 Å². The Labute approximate surface area is 110 Å². The van der Waals surface area contributed by atoms with Crippen LogP contribution in [0.2, 0.25) is 0 Å². The largest absolute Gasteiger partial charge is 0.496 e. The van der Waals surface area contributed by atoms with Gasteiger partial charge in [0.1, 0.15) is 17.1 Å². The van der Waals surface area contributed by atoms with Gasteiger partial charge in [0, 0.05) is 11.8 Å². The lowest BCUT2D eigenvalue weighted by molar-refractivity contribution is 0.0697. The summed E-state index contributed by atoms with van der Waals surface area (Å²) in [5.41, 5.74) is 2.18. The van der Waals surface area contributed by atoms with Crippen molar-refractivity contribution in [2.24, 2.45) is 0 Å². The van der Waals surface area contributed by atoms with Crippen LogP contribution in [0.5, 0.6) is 5.75 Å². The topological polar surface area (TPSA) is 72.3 Å². The van der Waals surface area contributed by atoms with E-state index in [-0.39, 0.29) is 5.56 Å². The van der Waals surface area contributed by atoms with Crippen molar-refractivity contribution in [3.63, 3.8) is 0 Å². The lowest BCUT2D eigenvalue weighted by atomic mass is 10.0. The van der Waals surface area contributed by atoms with Crippen LogP contribution in [0.1, 0.15) is 21.7 Å². The van der Waals surface area contributed by atoms with Crippen molar-refractivity contribution in [2.75, 3.05) is 7.11 Å². The molecule has 0 saturated heterocycles. The zero-order valence-corrected chi connectivity index (χ0v) is 11.0. The fourth-order valence-electron chi connectivity index (χ4n) is 1.87. The highest BCUT2D eigenvalue weighted by Crippen LogP contribution is 2.27. The molecule has 0 saturated carbocycles. The number of hydrogen-bond acceptors (Lipinski definition) is 4. The number of nitrogens with zero attached hydrogens (tertiary/aromatic N) is 2. The van der Waals surface area contributed by atoms with E-state index in [1.54, 1.807) is 26.2 Å². The summed E-state index contributed by atoms with van der Waals surface area (Å²) in [6.45, 7) is 3.63. The summed E-state index contributed by atoms with van der Waals surface area (Å²) < 4.78 is 5.19. The molecule has 0 unspecified atom stereocenters. The fourth-order valence-corrected chi connectivity index (χ4v) is 1.87. The number of aromatic carboxylic acids is 1. The van der Waals surface area contributed by atoms with Gasteiger partial charge in [0.25, 0.3) is 0 Å². The van der Waals surface area contributed by atoms with Gasteiger partial charge in [-0.3, -0.25) is 0 Å². The third kappa shape index (κ3) is 2.54. The summed E-state index contributed by atoms with van der Waals surface area (Å²) >= 11 is 0. The summed E-state index contributed by atoms with van der Waals surface area (Å²) in [6.07, 6.45) is 1.33. The van der Waals surface area contributed by atoms with Crippen LogP contribution < -0.4 is 4.74 Å². The molecule has 2 aromatic rings. The van der Waals surface area contributed by atoms with Crippen LogP contribution in [0.15, 0.2) is 24.4 Å². The number of benzene rings is 1. The van der Waals surface area contributed by atoms with Crippen LogP contribution in [0, 0.1) is 13.8 Å². The number of rotatable bonds is 3. The van der Waals surface area contributed by atoms with Gasteiger partial charge in [-0.15, -0.1) is 0 Å². The minimum Gasteiger partial charge on any atom is -0.496 e. The molecule has 1 heterocycles. The molecular weight excluding hydrogens is 244 g/mol. The van der Waals surface area contributed by atoms with Crippen LogP contribution in [0.25, 0.3) is 11.3 Å². The van der Waals surface area contributed by atoms with Crippen molar-refractivity contribution in [3.8, 4) is 17.0 Å². The quantitative estimate of drug-likeness (QED) is 0.915. The number of ether oxygens (including phenoxy) is 1. The Balaban J connectivity index is 2.61. The molecule has 0 atom stereocenters. The molecule has 2 rings (SSSR count). The Hall–Kier alpha value is -2.43.